The summed E-state index contributed by atoms with van der Waals surface area (Å²) in [6, 6.07) is 13.6. The van der Waals surface area contributed by atoms with E-state index in [0.717, 1.165) is 36.1 Å². The van der Waals surface area contributed by atoms with Gasteiger partial charge in [0.15, 0.2) is 0 Å². The number of amides is 2. The first kappa shape index (κ1) is 24.5. The predicted molar refractivity (Wildman–Crippen MR) is 139 cm³/mol. The van der Waals surface area contributed by atoms with Crippen molar-refractivity contribution in [2.45, 2.75) is 39.2 Å². The molecule has 36 heavy (non-hydrogen) atoms. The van der Waals surface area contributed by atoms with Crippen LogP contribution in [0.25, 0.3) is 0 Å². The number of carbonyl (C=O) groups excluding carboxylic acids is 2. The molecule has 0 unspecified atom stereocenters. The Morgan fingerprint density at radius 3 is 2.72 bits per heavy atom. The average Bonchev–Trinajstić information content (AvgIpc) is 3.54. The zero-order valence-electron chi connectivity index (χ0n) is 20.7. The second-order valence-electron chi connectivity index (χ2n) is 9.87. The standard InChI is InChI=1S/C29H31FN2O3S/c1-19-6-9-26(20(2)14-19)35-18-25-24-11-13-36-27(24)10-12-32(25)28(33)17-31(16-21-7-8-21)29(34)22-4-3-5-23(30)15-22/h3-6,9,11,13-15,21,25H,7-8,10,12,16-18H2,1-2H3/t25-/m1/s1. The lowest BCUT2D eigenvalue weighted by atomic mass is 10.00. The molecule has 3 aromatic rings. The minimum Gasteiger partial charge on any atom is -0.491 e. The van der Waals surface area contributed by atoms with Crippen LogP contribution in [0.1, 0.15) is 50.8 Å². The van der Waals surface area contributed by atoms with E-state index in [1.165, 1.54) is 28.6 Å². The van der Waals surface area contributed by atoms with Gasteiger partial charge in [-0.1, -0.05) is 23.8 Å². The van der Waals surface area contributed by atoms with Crippen LogP contribution in [0, 0.1) is 25.6 Å². The summed E-state index contributed by atoms with van der Waals surface area (Å²) in [6.07, 6.45) is 2.89. The summed E-state index contributed by atoms with van der Waals surface area (Å²) >= 11 is 1.71. The van der Waals surface area contributed by atoms with Gasteiger partial charge in [0, 0.05) is 23.5 Å². The van der Waals surface area contributed by atoms with Gasteiger partial charge in [0.2, 0.25) is 5.91 Å². The van der Waals surface area contributed by atoms with Crippen LogP contribution in [0.15, 0.2) is 53.9 Å². The first-order chi connectivity index (χ1) is 17.4. The van der Waals surface area contributed by atoms with Gasteiger partial charge in [-0.3, -0.25) is 9.59 Å². The van der Waals surface area contributed by atoms with Crippen LogP contribution in [0.5, 0.6) is 5.75 Å². The van der Waals surface area contributed by atoms with Crippen molar-refractivity contribution < 1.29 is 18.7 Å². The number of rotatable bonds is 8. The van der Waals surface area contributed by atoms with Crippen LogP contribution in [-0.2, 0) is 11.2 Å². The molecule has 0 bridgehead atoms. The van der Waals surface area contributed by atoms with Gasteiger partial charge >= 0.3 is 0 Å². The predicted octanol–water partition coefficient (Wildman–Crippen LogP) is 5.56. The Hall–Kier alpha value is -3.19. The second kappa shape index (κ2) is 10.4. The summed E-state index contributed by atoms with van der Waals surface area (Å²) in [5.41, 5.74) is 3.63. The van der Waals surface area contributed by atoms with Crippen molar-refractivity contribution in [3.05, 3.63) is 86.9 Å². The lowest BCUT2D eigenvalue weighted by Crippen LogP contribution is -2.48. The van der Waals surface area contributed by atoms with Crippen molar-refractivity contribution in [3.63, 3.8) is 0 Å². The molecule has 0 saturated heterocycles. The molecule has 1 saturated carbocycles. The minimum absolute atomic E-state index is 0.0224. The molecule has 188 valence electrons. The quantitative estimate of drug-likeness (QED) is 0.402. The van der Waals surface area contributed by atoms with Gasteiger partial charge in [0.1, 0.15) is 24.7 Å². The molecule has 2 amide bonds. The number of ether oxygens (including phenoxy) is 1. The van der Waals surface area contributed by atoms with Gasteiger partial charge in [0.05, 0.1) is 6.04 Å². The van der Waals surface area contributed by atoms with E-state index in [0.29, 0.717) is 25.6 Å². The molecule has 1 aliphatic carbocycles. The molecule has 1 atom stereocenters. The van der Waals surface area contributed by atoms with Crippen LogP contribution in [-0.4, -0.2) is 47.9 Å². The van der Waals surface area contributed by atoms with E-state index in [4.69, 9.17) is 4.74 Å². The number of thiophene rings is 1. The topological polar surface area (TPSA) is 49.9 Å². The molecule has 1 aliphatic heterocycles. The molecule has 1 fully saturated rings. The molecule has 0 spiro atoms. The summed E-state index contributed by atoms with van der Waals surface area (Å²) in [4.78, 5) is 31.7. The first-order valence-electron chi connectivity index (χ1n) is 12.5. The highest BCUT2D eigenvalue weighted by atomic mass is 32.1. The largest absolute Gasteiger partial charge is 0.491 e. The lowest BCUT2D eigenvalue weighted by Gasteiger charge is -2.37. The molecule has 5 nitrogen and oxygen atoms in total. The van der Waals surface area contributed by atoms with Gasteiger partial charge in [-0.25, -0.2) is 4.39 Å². The Labute approximate surface area is 215 Å². The third-order valence-corrected chi connectivity index (χ3v) is 8.00. The number of halogens is 1. The van der Waals surface area contributed by atoms with Gasteiger partial charge in [-0.05, 0) is 85.9 Å². The van der Waals surface area contributed by atoms with Gasteiger partial charge in [-0.2, -0.15) is 0 Å². The van der Waals surface area contributed by atoms with E-state index in [9.17, 15) is 14.0 Å². The number of fused-ring (bicyclic) bond motifs is 1. The number of aryl methyl sites for hydroxylation is 2. The fraction of sp³-hybridized carbons (Fsp3) is 0.379. The van der Waals surface area contributed by atoms with E-state index in [1.807, 2.05) is 24.0 Å². The van der Waals surface area contributed by atoms with E-state index < -0.39 is 5.82 Å². The Balaban J connectivity index is 1.35. The van der Waals surface area contributed by atoms with Crippen molar-refractivity contribution in [2.75, 3.05) is 26.2 Å². The van der Waals surface area contributed by atoms with E-state index in [-0.39, 0.29) is 30.0 Å². The second-order valence-corrected chi connectivity index (χ2v) is 10.9. The molecule has 2 heterocycles. The zero-order valence-corrected chi connectivity index (χ0v) is 21.5. The third-order valence-electron chi connectivity index (χ3n) is 7.00. The molecule has 7 heteroatoms. The molecular weight excluding hydrogens is 475 g/mol. The summed E-state index contributed by atoms with van der Waals surface area (Å²) in [7, 11) is 0. The number of benzene rings is 2. The van der Waals surface area contributed by atoms with Gasteiger partial charge in [-0.15, -0.1) is 11.3 Å². The summed E-state index contributed by atoms with van der Waals surface area (Å²) < 4.78 is 20.0. The summed E-state index contributed by atoms with van der Waals surface area (Å²) in [6.45, 7) is 5.50. The Kier molecular flexibility index (Phi) is 7.10. The highest BCUT2D eigenvalue weighted by molar-refractivity contribution is 7.10. The number of hydrogen-bond acceptors (Lipinski definition) is 4. The smallest absolute Gasteiger partial charge is 0.254 e. The molecule has 0 N–H and O–H groups in total. The average molecular weight is 507 g/mol. The lowest BCUT2D eigenvalue weighted by molar-refractivity contribution is -0.135. The SMILES string of the molecule is Cc1ccc(OC[C@@H]2c3ccsc3CCN2C(=O)CN(CC2CC2)C(=O)c2cccc(F)c2)c(C)c1. The maximum Gasteiger partial charge on any atom is 0.254 e. The Morgan fingerprint density at radius 2 is 1.97 bits per heavy atom. The molecule has 0 radical (unpaired) electrons. The maximum atomic E-state index is 13.8. The van der Waals surface area contributed by atoms with E-state index in [1.54, 1.807) is 22.3 Å². The Bertz CT molecular complexity index is 1270. The van der Waals surface area contributed by atoms with Crippen LogP contribution in [0.3, 0.4) is 0 Å². The number of carbonyl (C=O) groups is 2. The minimum atomic E-state index is -0.455. The van der Waals surface area contributed by atoms with Gasteiger partial charge in [0.25, 0.3) is 5.91 Å². The fourth-order valence-corrected chi connectivity index (χ4v) is 5.82. The van der Waals surface area contributed by atoms with Crippen molar-refractivity contribution in [1.29, 1.82) is 0 Å². The van der Waals surface area contributed by atoms with Crippen molar-refractivity contribution >= 4 is 23.2 Å². The third kappa shape index (κ3) is 5.46. The highest BCUT2D eigenvalue weighted by Crippen LogP contribution is 2.35. The van der Waals surface area contributed by atoms with Gasteiger partial charge < -0.3 is 14.5 Å². The van der Waals surface area contributed by atoms with Crippen LogP contribution in [0.2, 0.25) is 0 Å². The summed E-state index contributed by atoms with van der Waals surface area (Å²) in [5, 5.41) is 2.07. The molecule has 5 rings (SSSR count). The monoisotopic (exact) mass is 506 g/mol. The van der Waals surface area contributed by atoms with E-state index >= 15 is 0 Å². The molecule has 1 aromatic heterocycles. The van der Waals surface area contributed by atoms with Crippen molar-refractivity contribution in [1.82, 2.24) is 9.80 Å². The zero-order chi connectivity index (χ0) is 25.2. The molecule has 2 aliphatic rings. The highest BCUT2D eigenvalue weighted by Gasteiger charge is 2.35. The van der Waals surface area contributed by atoms with Crippen LogP contribution in [0.4, 0.5) is 4.39 Å². The molecule has 2 aromatic carbocycles. The first-order valence-corrected chi connectivity index (χ1v) is 13.4. The van der Waals surface area contributed by atoms with Crippen LogP contribution >= 0.6 is 11.3 Å². The molecular formula is C29H31FN2O3S. The number of hydrogen-bond donors (Lipinski definition) is 0. The maximum absolute atomic E-state index is 13.8. The fourth-order valence-electron chi connectivity index (χ4n) is 4.89. The van der Waals surface area contributed by atoms with Crippen LogP contribution < -0.4 is 4.74 Å². The Morgan fingerprint density at radius 1 is 1.14 bits per heavy atom. The normalized spacial score (nSPS) is 17.0. The van der Waals surface area contributed by atoms with Crippen molar-refractivity contribution in [2.24, 2.45) is 5.92 Å². The van der Waals surface area contributed by atoms with Crippen molar-refractivity contribution in [3.8, 4) is 5.75 Å². The van der Waals surface area contributed by atoms with E-state index in [2.05, 4.69) is 24.4 Å². The number of nitrogens with zero attached hydrogens (tertiary/aromatic N) is 2. The summed E-state index contributed by atoms with van der Waals surface area (Å²) in [5.74, 6) is 0.358.